The number of aromatic nitrogens is 2. The van der Waals surface area contributed by atoms with E-state index in [1.807, 2.05) is 4.98 Å². The first-order chi connectivity index (χ1) is 8.55. The fraction of sp³-hybridized carbons (Fsp3) is 0.222. The third-order valence-corrected chi connectivity index (χ3v) is 3.52. The van der Waals surface area contributed by atoms with Gasteiger partial charge in [0.25, 0.3) is 0 Å². The van der Waals surface area contributed by atoms with Crippen molar-refractivity contribution in [3.8, 4) is 0 Å². The van der Waals surface area contributed by atoms with Crippen molar-refractivity contribution in [2.45, 2.75) is 12.1 Å². The van der Waals surface area contributed by atoms with Crippen molar-refractivity contribution in [2.75, 3.05) is 0 Å². The van der Waals surface area contributed by atoms with E-state index in [0.717, 1.165) is 6.07 Å². The Morgan fingerprint density at radius 3 is 2.11 bits per heavy atom. The first kappa shape index (κ1) is 14.6. The zero-order valence-electron chi connectivity index (χ0n) is 8.55. The van der Waals surface area contributed by atoms with Gasteiger partial charge in [-0.05, 0) is 6.07 Å². The topological polar surface area (TPSA) is 28.7 Å². The highest BCUT2D eigenvalue weighted by molar-refractivity contribution is 6.50. The van der Waals surface area contributed by atoms with Crippen molar-refractivity contribution in [2.24, 2.45) is 0 Å². The predicted molar refractivity (Wildman–Crippen MR) is 61.1 cm³/mol. The number of rotatable bonds is 1. The van der Waals surface area contributed by atoms with Gasteiger partial charge in [-0.2, -0.15) is 22.0 Å². The number of fused-ring (bicyclic) bond motifs is 1. The molecule has 1 aromatic heterocycles. The molecule has 104 valence electrons. The Kier molecular flexibility index (Phi) is 3.35. The monoisotopic (exact) mass is 338 g/mol. The molecule has 2 aromatic rings. The Morgan fingerprint density at radius 1 is 1.00 bits per heavy atom. The largest absolute Gasteiger partial charge is 0.461 e. The molecule has 10 heteroatoms. The molecule has 0 bridgehead atoms. The van der Waals surface area contributed by atoms with Crippen LogP contribution in [0.3, 0.4) is 0 Å². The predicted octanol–water partition coefficient (Wildman–Crippen LogP) is 5.18. The number of alkyl halides is 5. The summed E-state index contributed by atoms with van der Waals surface area (Å²) in [6.45, 7) is 0. The Balaban J connectivity index is 2.70. The van der Waals surface area contributed by atoms with Gasteiger partial charge < -0.3 is 4.98 Å². The number of halogens is 8. The van der Waals surface area contributed by atoms with Gasteiger partial charge in [-0.15, -0.1) is 0 Å². The quantitative estimate of drug-likeness (QED) is 0.563. The van der Waals surface area contributed by atoms with Gasteiger partial charge in [-0.3, -0.25) is 0 Å². The summed E-state index contributed by atoms with van der Waals surface area (Å²) in [6.07, 6.45) is -5.78. The highest BCUT2D eigenvalue weighted by Gasteiger charge is 2.61. The van der Waals surface area contributed by atoms with Crippen LogP contribution in [0, 0.1) is 0 Å². The molecule has 1 aromatic carbocycles. The van der Waals surface area contributed by atoms with Crippen LogP contribution in [0.4, 0.5) is 22.0 Å². The molecule has 0 fully saturated rings. The Hall–Kier alpha value is -0.790. The van der Waals surface area contributed by atoms with Gasteiger partial charge in [0, 0.05) is 0 Å². The van der Waals surface area contributed by atoms with Crippen LogP contribution in [0.1, 0.15) is 5.82 Å². The molecule has 0 atom stereocenters. The van der Waals surface area contributed by atoms with Crippen LogP contribution in [0.25, 0.3) is 11.0 Å². The van der Waals surface area contributed by atoms with Crippen LogP contribution in [-0.4, -0.2) is 16.1 Å². The second-order valence-corrected chi connectivity index (χ2v) is 4.70. The van der Waals surface area contributed by atoms with Gasteiger partial charge in [0.1, 0.15) is 5.52 Å². The van der Waals surface area contributed by atoms with Crippen molar-refractivity contribution < 1.29 is 22.0 Å². The second-order valence-electron chi connectivity index (χ2n) is 3.54. The summed E-state index contributed by atoms with van der Waals surface area (Å²) in [7, 11) is 0. The van der Waals surface area contributed by atoms with Crippen molar-refractivity contribution in [1.82, 2.24) is 9.97 Å². The van der Waals surface area contributed by atoms with E-state index >= 15 is 0 Å². The lowest BCUT2D eigenvalue weighted by Crippen LogP contribution is -2.34. The van der Waals surface area contributed by atoms with Gasteiger partial charge in [0.15, 0.2) is 5.82 Å². The van der Waals surface area contributed by atoms with E-state index in [0.29, 0.717) is 0 Å². The first-order valence-corrected chi connectivity index (χ1v) is 5.67. The standard InChI is InChI=1S/C9H2Cl3F5N2/c10-2-1-3-6(5(12)4(2)11)19-7(18-3)8(13,14)9(15,16)17/h1H,(H,18,19). The fourth-order valence-corrected chi connectivity index (χ4v) is 1.98. The van der Waals surface area contributed by atoms with Gasteiger partial charge >= 0.3 is 12.1 Å². The highest BCUT2D eigenvalue weighted by atomic mass is 35.5. The van der Waals surface area contributed by atoms with E-state index in [4.69, 9.17) is 34.8 Å². The molecule has 1 N–H and O–H groups in total. The molecule has 0 aliphatic rings. The molecule has 0 spiro atoms. The molecule has 0 saturated carbocycles. The maximum Gasteiger partial charge on any atom is 0.461 e. The van der Waals surface area contributed by atoms with Crippen LogP contribution in [0.2, 0.25) is 15.1 Å². The van der Waals surface area contributed by atoms with Gasteiger partial charge in [-0.25, -0.2) is 4.98 Å². The first-order valence-electron chi connectivity index (χ1n) is 4.54. The van der Waals surface area contributed by atoms with Crippen LogP contribution >= 0.6 is 34.8 Å². The lowest BCUT2D eigenvalue weighted by molar-refractivity contribution is -0.292. The van der Waals surface area contributed by atoms with Gasteiger partial charge in [0.05, 0.1) is 20.6 Å². The number of hydrogen-bond donors (Lipinski definition) is 1. The molecule has 0 aliphatic heterocycles. The van der Waals surface area contributed by atoms with Crippen molar-refractivity contribution in [1.29, 1.82) is 0 Å². The molecular weight excluding hydrogens is 337 g/mol. The summed E-state index contributed by atoms with van der Waals surface area (Å²) in [6, 6.07) is 1.06. The number of nitrogens with one attached hydrogen (secondary N) is 1. The number of benzene rings is 1. The molecule has 0 saturated heterocycles. The average molecular weight is 339 g/mol. The summed E-state index contributed by atoms with van der Waals surface area (Å²) in [5, 5.41) is -0.571. The van der Waals surface area contributed by atoms with Crippen LogP contribution in [0.5, 0.6) is 0 Å². The maximum atomic E-state index is 13.1. The number of aromatic amines is 1. The van der Waals surface area contributed by atoms with Crippen LogP contribution in [-0.2, 0) is 5.92 Å². The van der Waals surface area contributed by atoms with E-state index in [1.54, 1.807) is 0 Å². The minimum atomic E-state index is -5.78. The smallest absolute Gasteiger partial charge is 0.336 e. The molecule has 2 rings (SSSR count). The Morgan fingerprint density at radius 2 is 1.58 bits per heavy atom. The lowest BCUT2D eigenvalue weighted by Gasteiger charge is -2.16. The summed E-state index contributed by atoms with van der Waals surface area (Å²) >= 11 is 17.0. The highest BCUT2D eigenvalue weighted by Crippen LogP contribution is 2.44. The normalized spacial score (nSPS) is 13.3. The third kappa shape index (κ3) is 2.23. The van der Waals surface area contributed by atoms with Crippen LogP contribution < -0.4 is 0 Å². The summed E-state index contributed by atoms with van der Waals surface area (Å²) in [5.41, 5.74) is -0.478. The zero-order valence-corrected chi connectivity index (χ0v) is 10.8. The molecule has 1 heterocycles. The molecule has 19 heavy (non-hydrogen) atoms. The number of nitrogens with zero attached hydrogens (tertiary/aromatic N) is 1. The van der Waals surface area contributed by atoms with Crippen molar-refractivity contribution >= 4 is 45.8 Å². The van der Waals surface area contributed by atoms with Crippen molar-refractivity contribution in [3.05, 3.63) is 27.0 Å². The minimum Gasteiger partial charge on any atom is -0.336 e. The van der Waals surface area contributed by atoms with E-state index in [-0.39, 0.29) is 26.1 Å². The number of hydrogen-bond acceptors (Lipinski definition) is 1. The van der Waals surface area contributed by atoms with E-state index < -0.39 is 17.9 Å². The maximum absolute atomic E-state index is 13.1. The second kappa shape index (κ2) is 4.36. The van der Waals surface area contributed by atoms with Gasteiger partial charge in [0.2, 0.25) is 0 Å². The van der Waals surface area contributed by atoms with E-state index in [1.165, 1.54) is 0 Å². The van der Waals surface area contributed by atoms with E-state index in [9.17, 15) is 22.0 Å². The van der Waals surface area contributed by atoms with Crippen LogP contribution in [0.15, 0.2) is 6.07 Å². The Bertz CT molecular complexity index is 649. The Labute approximate surface area is 117 Å². The minimum absolute atomic E-state index is 0.0929. The average Bonchev–Trinajstić information content (AvgIpc) is 2.69. The number of imidazole rings is 1. The third-order valence-electron chi connectivity index (χ3n) is 2.27. The zero-order chi connectivity index (χ0) is 14.6. The molecule has 2 nitrogen and oxygen atoms in total. The number of H-pyrrole nitrogens is 1. The summed E-state index contributed by atoms with van der Waals surface area (Å²) < 4.78 is 62.8. The lowest BCUT2D eigenvalue weighted by atomic mass is 10.3. The molecule has 0 radical (unpaired) electrons. The van der Waals surface area contributed by atoms with Crippen molar-refractivity contribution in [3.63, 3.8) is 0 Å². The molecule has 0 unspecified atom stereocenters. The molecule has 0 aliphatic carbocycles. The van der Waals surface area contributed by atoms with Gasteiger partial charge in [-0.1, -0.05) is 34.8 Å². The van der Waals surface area contributed by atoms with E-state index in [2.05, 4.69) is 4.98 Å². The molecular formula is C9H2Cl3F5N2. The fourth-order valence-electron chi connectivity index (χ4n) is 1.34. The summed E-state index contributed by atoms with van der Waals surface area (Å²) in [4.78, 5) is 4.99. The SMILES string of the molecule is FC(F)(F)C(F)(F)c1nc2c(Cl)c(Cl)c(Cl)cc2[nH]1. The summed E-state index contributed by atoms with van der Waals surface area (Å²) in [5.74, 6) is -6.70. The molecule has 0 amide bonds.